The third kappa shape index (κ3) is 4.25. The third-order valence-corrected chi connectivity index (χ3v) is 6.23. The Balaban J connectivity index is 1.85. The van der Waals surface area contributed by atoms with Crippen molar-refractivity contribution in [2.75, 3.05) is 5.32 Å². The van der Waals surface area contributed by atoms with Gasteiger partial charge >= 0.3 is 0 Å². The number of aromatic nitrogens is 1. The largest absolute Gasteiger partial charge is 0.362 e. The number of carbonyl (C=O) groups excluding carboxylic acids is 2. The van der Waals surface area contributed by atoms with Crippen LogP contribution in [0, 0.1) is 5.41 Å². The Morgan fingerprint density at radius 1 is 1.19 bits per heavy atom. The Labute approximate surface area is 191 Å². The molecule has 0 spiro atoms. The summed E-state index contributed by atoms with van der Waals surface area (Å²) < 4.78 is 0. The van der Waals surface area contributed by atoms with E-state index >= 15 is 0 Å². The molecule has 0 saturated carbocycles. The average molecular weight is 456 g/mol. The number of anilines is 1. The van der Waals surface area contributed by atoms with E-state index < -0.39 is 5.92 Å². The molecule has 1 aliphatic heterocycles. The smallest absolute Gasteiger partial charge is 0.255 e. The number of pyridine rings is 1. The van der Waals surface area contributed by atoms with Crippen LogP contribution in [0.2, 0.25) is 10.0 Å². The number of hydrogen-bond donors (Lipinski definition) is 2. The average Bonchev–Trinajstić information content (AvgIpc) is 2.66. The molecule has 31 heavy (non-hydrogen) atoms. The number of carbonyl (C=O) groups is 2. The standard InChI is InChI=1S/C24H23Cl2N3O2/c1-13-20(23(31)29-19-6-4-5-9-27-19)21(15-8-7-14(25)10-16(15)26)22-17(28-13)11-24(2,3)12-18(22)30/h4-10,21,28H,11-12H2,1-3H3,(H,27,29,31)/t21-/m1/s1. The van der Waals surface area contributed by atoms with Crippen molar-refractivity contribution in [3.63, 3.8) is 0 Å². The minimum absolute atomic E-state index is 0.0189. The summed E-state index contributed by atoms with van der Waals surface area (Å²) in [6.07, 6.45) is 2.72. The summed E-state index contributed by atoms with van der Waals surface area (Å²) in [5.74, 6) is -0.465. The summed E-state index contributed by atoms with van der Waals surface area (Å²) >= 11 is 12.7. The maximum atomic E-state index is 13.4. The number of rotatable bonds is 3. The lowest BCUT2D eigenvalue weighted by Gasteiger charge is -2.39. The van der Waals surface area contributed by atoms with Gasteiger partial charge in [0.25, 0.3) is 5.91 Å². The molecule has 0 saturated heterocycles. The SMILES string of the molecule is CC1=C(C(=O)Nc2ccccn2)[C@@H](c2ccc(Cl)cc2Cl)C2=C(CC(C)(C)CC2=O)N1. The van der Waals surface area contributed by atoms with Crippen molar-refractivity contribution >= 4 is 40.7 Å². The molecule has 2 aromatic rings. The van der Waals surface area contributed by atoms with Crippen molar-refractivity contribution in [3.8, 4) is 0 Å². The number of Topliss-reactive ketones (excluding diaryl/α,β-unsaturated/α-hetero) is 1. The lowest BCUT2D eigenvalue weighted by Crippen LogP contribution is -2.39. The van der Waals surface area contributed by atoms with E-state index in [2.05, 4.69) is 29.5 Å². The van der Waals surface area contributed by atoms with Crippen molar-refractivity contribution in [2.45, 2.75) is 39.5 Å². The van der Waals surface area contributed by atoms with E-state index in [1.807, 2.05) is 6.92 Å². The number of nitrogens with one attached hydrogen (secondary N) is 2. The Morgan fingerprint density at radius 2 is 1.97 bits per heavy atom. The monoisotopic (exact) mass is 455 g/mol. The zero-order chi connectivity index (χ0) is 22.3. The van der Waals surface area contributed by atoms with Crippen LogP contribution in [0.4, 0.5) is 5.82 Å². The van der Waals surface area contributed by atoms with Gasteiger partial charge in [-0.3, -0.25) is 9.59 Å². The molecule has 1 aromatic heterocycles. The maximum Gasteiger partial charge on any atom is 0.255 e. The van der Waals surface area contributed by atoms with Crippen molar-refractivity contribution in [1.82, 2.24) is 10.3 Å². The van der Waals surface area contributed by atoms with Crippen LogP contribution in [0.15, 0.2) is 65.1 Å². The zero-order valence-corrected chi connectivity index (χ0v) is 19.1. The van der Waals surface area contributed by atoms with Gasteiger partial charge < -0.3 is 10.6 Å². The van der Waals surface area contributed by atoms with E-state index in [0.29, 0.717) is 51.1 Å². The molecule has 0 fully saturated rings. The molecule has 0 radical (unpaired) electrons. The van der Waals surface area contributed by atoms with Crippen LogP contribution >= 0.6 is 23.2 Å². The molecule has 1 aromatic carbocycles. The normalized spacial score (nSPS) is 20.3. The quantitative estimate of drug-likeness (QED) is 0.628. The first-order chi connectivity index (χ1) is 14.7. The highest BCUT2D eigenvalue weighted by atomic mass is 35.5. The second-order valence-corrected chi connectivity index (χ2v) is 9.61. The van der Waals surface area contributed by atoms with Gasteiger partial charge in [-0.15, -0.1) is 0 Å². The second-order valence-electron chi connectivity index (χ2n) is 8.76. The van der Waals surface area contributed by atoms with Gasteiger partial charge in [-0.25, -0.2) is 4.98 Å². The van der Waals surface area contributed by atoms with Gasteiger partial charge in [0.05, 0.1) is 0 Å². The number of nitrogens with zero attached hydrogens (tertiary/aromatic N) is 1. The summed E-state index contributed by atoms with van der Waals surface area (Å²) in [7, 11) is 0. The minimum Gasteiger partial charge on any atom is -0.362 e. The fourth-order valence-electron chi connectivity index (χ4n) is 4.40. The third-order valence-electron chi connectivity index (χ3n) is 5.66. The van der Waals surface area contributed by atoms with E-state index in [1.54, 1.807) is 42.6 Å². The van der Waals surface area contributed by atoms with E-state index in [0.717, 1.165) is 5.70 Å². The number of benzene rings is 1. The zero-order valence-electron chi connectivity index (χ0n) is 17.6. The Morgan fingerprint density at radius 3 is 2.65 bits per heavy atom. The Kier molecular flexibility index (Phi) is 5.67. The van der Waals surface area contributed by atoms with E-state index in [9.17, 15) is 9.59 Å². The Bertz CT molecular complexity index is 1140. The van der Waals surface area contributed by atoms with Gasteiger partial charge in [-0.2, -0.15) is 0 Å². The summed E-state index contributed by atoms with van der Waals surface area (Å²) in [5.41, 5.74) is 3.10. The lowest BCUT2D eigenvalue weighted by molar-refractivity contribution is -0.118. The van der Waals surface area contributed by atoms with Crippen LogP contribution < -0.4 is 10.6 Å². The van der Waals surface area contributed by atoms with Gasteiger partial charge in [0.15, 0.2) is 5.78 Å². The number of allylic oxidation sites excluding steroid dienone is 3. The molecule has 0 unspecified atom stereocenters. The Hall–Kier alpha value is -2.63. The fraction of sp³-hybridized carbons (Fsp3) is 0.292. The fourth-order valence-corrected chi connectivity index (χ4v) is 4.92. The van der Waals surface area contributed by atoms with Gasteiger partial charge in [0.1, 0.15) is 5.82 Å². The van der Waals surface area contributed by atoms with Crippen LogP contribution in [0.5, 0.6) is 0 Å². The number of ketones is 1. The van der Waals surface area contributed by atoms with Crippen molar-refractivity contribution in [2.24, 2.45) is 5.41 Å². The van der Waals surface area contributed by atoms with Gasteiger partial charge in [0, 0.05) is 51.1 Å². The lowest BCUT2D eigenvalue weighted by atomic mass is 9.68. The highest BCUT2D eigenvalue weighted by Crippen LogP contribution is 2.48. The van der Waals surface area contributed by atoms with Gasteiger partial charge in [-0.05, 0) is 48.6 Å². The molecular formula is C24H23Cl2N3O2. The molecule has 7 heteroatoms. The van der Waals surface area contributed by atoms with Gasteiger partial charge in [0.2, 0.25) is 0 Å². The minimum atomic E-state index is -0.590. The van der Waals surface area contributed by atoms with Crippen LogP contribution in [0.3, 0.4) is 0 Å². The molecule has 4 rings (SSSR count). The molecular weight excluding hydrogens is 433 g/mol. The van der Waals surface area contributed by atoms with Crippen molar-refractivity contribution in [3.05, 3.63) is 80.7 Å². The van der Waals surface area contributed by atoms with E-state index in [4.69, 9.17) is 23.2 Å². The number of hydrogen-bond acceptors (Lipinski definition) is 4. The van der Waals surface area contributed by atoms with Crippen molar-refractivity contribution < 1.29 is 9.59 Å². The number of halogens is 2. The number of amides is 1. The molecule has 2 N–H and O–H groups in total. The summed E-state index contributed by atoms with van der Waals surface area (Å²) in [6.45, 7) is 5.99. The van der Waals surface area contributed by atoms with Crippen LogP contribution in [-0.4, -0.2) is 16.7 Å². The second kappa shape index (κ2) is 8.13. The molecule has 0 bridgehead atoms. The highest BCUT2D eigenvalue weighted by molar-refractivity contribution is 6.35. The molecule has 2 heterocycles. The maximum absolute atomic E-state index is 13.4. The summed E-state index contributed by atoms with van der Waals surface area (Å²) in [5, 5.41) is 7.10. The molecule has 5 nitrogen and oxygen atoms in total. The van der Waals surface area contributed by atoms with E-state index in [1.165, 1.54) is 0 Å². The molecule has 1 aliphatic carbocycles. The summed E-state index contributed by atoms with van der Waals surface area (Å²) in [4.78, 5) is 30.9. The topological polar surface area (TPSA) is 71.1 Å². The van der Waals surface area contributed by atoms with Crippen LogP contribution in [0.1, 0.15) is 45.1 Å². The predicted octanol–water partition coefficient (Wildman–Crippen LogP) is 5.63. The highest BCUT2D eigenvalue weighted by Gasteiger charge is 2.43. The molecule has 160 valence electrons. The number of dihydropyridines is 1. The first-order valence-corrected chi connectivity index (χ1v) is 10.8. The first kappa shape index (κ1) is 21.6. The van der Waals surface area contributed by atoms with Crippen LogP contribution in [0.25, 0.3) is 0 Å². The first-order valence-electron chi connectivity index (χ1n) is 10.1. The molecule has 2 aliphatic rings. The van der Waals surface area contributed by atoms with Gasteiger partial charge in [-0.1, -0.05) is 49.2 Å². The van der Waals surface area contributed by atoms with Crippen molar-refractivity contribution in [1.29, 1.82) is 0 Å². The molecule has 1 amide bonds. The predicted molar refractivity (Wildman–Crippen MR) is 123 cm³/mol. The molecule has 1 atom stereocenters. The van der Waals surface area contributed by atoms with E-state index in [-0.39, 0.29) is 17.1 Å². The summed E-state index contributed by atoms with van der Waals surface area (Å²) in [6, 6.07) is 10.4. The van der Waals surface area contributed by atoms with Crippen LogP contribution in [-0.2, 0) is 9.59 Å².